The smallest absolute Gasteiger partial charge is 0.305 e. The second-order valence-corrected chi connectivity index (χ2v) is 18.4. The van der Waals surface area contributed by atoms with Crippen LogP contribution in [0.15, 0.2) is 58.4 Å². The zero-order chi connectivity index (χ0) is 35.1. The largest absolute Gasteiger partial charge is 0.481 e. The lowest BCUT2D eigenvalue weighted by atomic mass is 9.69. The van der Waals surface area contributed by atoms with Gasteiger partial charge in [-0.2, -0.15) is 0 Å². The molecule has 2 amide bonds. The van der Waals surface area contributed by atoms with Gasteiger partial charge in [0.25, 0.3) is 11.8 Å². The van der Waals surface area contributed by atoms with Gasteiger partial charge in [0.05, 0.1) is 22.6 Å². The minimum atomic E-state index is -3.45. The number of hydrogen-bond donors (Lipinski definition) is 2. The minimum Gasteiger partial charge on any atom is -0.481 e. The van der Waals surface area contributed by atoms with Crippen LogP contribution in [-0.4, -0.2) is 59.4 Å². The molecule has 10 heteroatoms. The third-order valence-corrected chi connectivity index (χ3v) is 12.5. The molecule has 0 saturated heterocycles. The van der Waals surface area contributed by atoms with Crippen molar-refractivity contribution in [2.24, 2.45) is 21.7 Å². The number of hydrogen-bond acceptors (Lipinski definition) is 6. The lowest BCUT2D eigenvalue weighted by Gasteiger charge is -2.47. The highest BCUT2D eigenvalue weighted by atomic mass is 32.2. The van der Waals surface area contributed by atoms with Crippen LogP contribution in [0.4, 0.5) is 0 Å². The van der Waals surface area contributed by atoms with Gasteiger partial charge < -0.3 is 15.3 Å². The summed E-state index contributed by atoms with van der Waals surface area (Å²) in [7, 11) is -3.45. The molecule has 0 bridgehead atoms. The van der Waals surface area contributed by atoms with Crippen molar-refractivity contribution < 1.29 is 27.9 Å². The monoisotopic (exact) mass is 677 g/mol. The zero-order valence-corrected chi connectivity index (χ0v) is 30.0. The molecule has 0 unspecified atom stereocenters. The number of benzene rings is 2. The van der Waals surface area contributed by atoms with Gasteiger partial charge in [0, 0.05) is 17.7 Å². The van der Waals surface area contributed by atoms with Crippen LogP contribution in [0, 0.1) is 16.7 Å². The van der Waals surface area contributed by atoms with E-state index in [1.807, 2.05) is 17.0 Å². The summed E-state index contributed by atoms with van der Waals surface area (Å²) in [5.74, 6) is -1.04. The summed E-state index contributed by atoms with van der Waals surface area (Å²) in [6, 6.07) is 13.7. The van der Waals surface area contributed by atoms with Crippen molar-refractivity contribution >= 4 is 33.3 Å². The number of carbonyl (C=O) groups excluding carboxylic acids is 2. The van der Waals surface area contributed by atoms with E-state index in [9.17, 15) is 22.8 Å². The molecule has 2 aromatic carbocycles. The van der Waals surface area contributed by atoms with Gasteiger partial charge in [-0.25, -0.2) is 8.42 Å². The molecule has 260 valence electrons. The number of sulfone groups is 1. The summed E-state index contributed by atoms with van der Waals surface area (Å²) >= 11 is 0. The number of nitrogens with zero attached hydrogens (tertiary/aromatic N) is 2. The highest BCUT2D eigenvalue weighted by molar-refractivity contribution is 7.92. The van der Waals surface area contributed by atoms with Crippen molar-refractivity contribution in [3.05, 3.63) is 65.2 Å². The molecule has 0 radical (unpaired) electrons. The van der Waals surface area contributed by atoms with Crippen molar-refractivity contribution in [2.75, 3.05) is 6.54 Å². The third kappa shape index (κ3) is 7.85. The Balaban J connectivity index is 1.54. The molecule has 2 aliphatic carbocycles. The van der Waals surface area contributed by atoms with Crippen molar-refractivity contribution in [3.8, 4) is 0 Å². The summed E-state index contributed by atoms with van der Waals surface area (Å²) in [6.45, 7) is 13.4. The van der Waals surface area contributed by atoms with Gasteiger partial charge in [0.15, 0.2) is 9.84 Å². The average Bonchev–Trinajstić information content (AvgIpc) is 3.84. The molecule has 9 nitrogen and oxygen atoms in total. The van der Waals surface area contributed by atoms with E-state index < -0.39 is 21.5 Å². The molecular weight excluding hydrogens is 626 g/mol. The summed E-state index contributed by atoms with van der Waals surface area (Å²) in [5, 5.41) is 11.2. The first-order valence-electron chi connectivity index (χ1n) is 17.3. The second kappa shape index (κ2) is 13.4. The second-order valence-electron chi connectivity index (χ2n) is 16.2. The summed E-state index contributed by atoms with van der Waals surface area (Å²) < 4.78 is 26.4. The lowest BCUT2D eigenvalue weighted by molar-refractivity contribution is -0.137. The number of carboxylic acid groups (broad SMARTS) is 1. The maximum atomic E-state index is 14.8. The van der Waals surface area contributed by atoms with Crippen molar-refractivity contribution in [2.45, 2.75) is 121 Å². The van der Waals surface area contributed by atoms with E-state index in [0.29, 0.717) is 54.9 Å². The summed E-state index contributed by atoms with van der Waals surface area (Å²) in [5.41, 5.74) is 1.51. The van der Waals surface area contributed by atoms with Gasteiger partial charge in [0.2, 0.25) is 0 Å². The predicted octanol–water partition coefficient (Wildman–Crippen LogP) is 6.96. The first kappa shape index (κ1) is 35.8. The molecule has 0 aromatic heterocycles. The Morgan fingerprint density at radius 3 is 2.21 bits per heavy atom. The highest BCUT2D eigenvalue weighted by Crippen LogP contribution is 2.50. The first-order valence-corrected chi connectivity index (χ1v) is 18.8. The number of nitrogens with one attached hydrogen (secondary N) is 1. The number of carbonyl (C=O) groups is 3. The molecule has 1 spiro atoms. The molecule has 2 N–H and O–H groups in total. The molecule has 48 heavy (non-hydrogen) atoms. The van der Waals surface area contributed by atoms with Crippen LogP contribution >= 0.6 is 0 Å². The Bertz CT molecular complexity index is 1670. The molecule has 1 aliphatic heterocycles. The third-order valence-electron chi connectivity index (χ3n) is 10.3. The fourth-order valence-corrected chi connectivity index (χ4v) is 8.88. The van der Waals surface area contributed by atoms with Crippen LogP contribution in [0.3, 0.4) is 0 Å². The SMILES string of the molecule is CC(C)(C)CC[C@H](c1ccc(C(=O)NCCC(=O)O)cc1)N1C(=O)C(c2cccc(S(=O)(=O)C3CC3)c2)=NC12CCC(C(C)(C)C)CC2. The van der Waals surface area contributed by atoms with Crippen LogP contribution in [0.5, 0.6) is 0 Å². The van der Waals surface area contributed by atoms with Gasteiger partial charge in [0.1, 0.15) is 11.4 Å². The molecule has 1 heterocycles. The normalized spacial score (nSPS) is 22.5. The molecule has 5 rings (SSSR count). The van der Waals surface area contributed by atoms with Crippen molar-refractivity contribution in [1.82, 2.24) is 10.2 Å². The van der Waals surface area contributed by atoms with E-state index in [4.69, 9.17) is 10.1 Å². The lowest BCUT2D eigenvalue weighted by Crippen LogP contribution is -2.51. The van der Waals surface area contributed by atoms with E-state index >= 15 is 0 Å². The van der Waals surface area contributed by atoms with Crippen LogP contribution in [-0.2, 0) is 19.4 Å². The number of aliphatic carboxylic acids is 1. The van der Waals surface area contributed by atoms with E-state index in [2.05, 4.69) is 46.9 Å². The summed E-state index contributed by atoms with van der Waals surface area (Å²) in [4.78, 5) is 45.9. The van der Waals surface area contributed by atoms with Gasteiger partial charge in [-0.15, -0.1) is 0 Å². The fraction of sp³-hybridized carbons (Fsp3) is 0.579. The van der Waals surface area contributed by atoms with E-state index in [1.54, 1.807) is 36.4 Å². The molecule has 2 saturated carbocycles. The Labute approximate surface area is 285 Å². The van der Waals surface area contributed by atoms with Crippen LogP contribution < -0.4 is 5.32 Å². The van der Waals surface area contributed by atoms with Crippen LogP contribution in [0.1, 0.15) is 127 Å². The summed E-state index contributed by atoms with van der Waals surface area (Å²) in [6.07, 6.45) is 5.94. The molecule has 2 aromatic rings. The standard InChI is InChI=1S/C38H51N3O6S/c1-36(2,3)20-18-31(25-10-12-26(13-11-25)34(44)39-23-19-32(42)43)41-35(45)33(40-38(41)21-16-28(17-22-38)37(4,5)6)27-8-7-9-30(24-27)48(46,47)29-14-15-29/h7-13,24,28-29,31H,14-23H2,1-6H3,(H,39,44)(H,42,43)/t28?,31-,38?/m1/s1. The number of carboxylic acids is 1. The molecule has 2 fully saturated rings. The number of rotatable bonds is 11. The maximum absolute atomic E-state index is 14.8. The molecule has 3 aliphatic rings. The number of aliphatic imine (C=N–C) groups is 1. The van der Waals surface area contributed by atoms with Gasteiger partial charge in [-0.3, -0.25) is 19.4 Å². The van der Waals surface area contributed by atoms with Gasteiger partial charge >= 0.3 is 5.97 Å². The van der Waals surface area contributed by atoms with E-state index in [0.717, 1.165) is 24.8 Å². The van der Waals surface area contributed by atoms with E-state index in [1.165, 1.54) is 0 Å². The average molecular weight is 678 g/mol. The Kier molecular flexibility index (Phi) is 9.99. The predicted molar refractivity (Wildman–Crippen MR) is 187 cm³/mol. The van der Waals surface area contributed by atoms with Gasteiger partial charge in [-0.05, 0) is 97.9 Å². The Hall–Kier alpha value is -3.53. The minimum absolute atomic E-state index is 0.00274. The molecule has 1 atom stereocenters. The van der Waals surface area contributed by atoms with Crippen molar-refractivity contribution in [1.29, 1.82) is 0 Å². The van der Waals surface area contributed by atoms with E-state index in [-0.39, 0.29) is 51.8 Å². The van der Waals surface area contributed by atoms with Gasteiger partial charge in [-0.1, -0.05) is 65.8 Å². The maximum Gasteiger partial charge on any atom is 0.305 e. The van der Waals surface area contributed by atoms with Crippen LogP contribution in [0.25, 0.3) is 0 Å². The molecular formula is C38H51N3O6S. The van der Waals surface area contributed by atoms with Crippen molar-refractivity contribution in [3.63, 3.8) is 0 Å². The zero-order valence-electron chi connectivity index (χ0n) is 29.2. The Morgan fingerprint density at radius 1 is 1.00 bits per heavy atom. The highest BCUT2D eigenvalue weighted by Gasteiger charge is 2.53. The topological polar surface area (TPSA) is 133 Å². The number of amides is 2. The first-order chi connectivity index (χ1) is 22.4. The van der Waals surface area contributed by atoms with Crippen LogP contribution in [0.2, 0.25) is 0 Å². The Morgan fingerprint density at radius 2 is 1.65 bits per heavy atom. The fourth-order valence-electron chi connectivity index (χ4n) is 7.18. The quantitative estimate of drug-likeness (QED) is 0.264.